The molecule has 2 heterocycles. The van der Waals surface area contributed by atoms with Crippen LogP contribution in [0.4, 0.5) is 0 Å². The maximum atomic E-state index is 10.1. The minimum absolute atomic E-state index is 0.276. The van der Waals surface area contributed by atoms with Crippen molar-refractivity contribution in [2.45, 2.75) is 32.2 Å². The monoisotopic (exact) mass is 360 g/mol. The Kier molecular flexibility index (Phi) is 6.61. The minimum Gasteiger partial charge on any atom is -0.508 e. The molecule has 0 radical (unpaired) electrons. The van der Waals surface area contributed by atoms with E-state index in [9.17, 15) is 5.11 Å². The number of hydrogen-bond donors (Lipinski definition) is 2. The Morgan fingerprint density at radius 2 is 2.08 bits per heavy atom. The summed E-state index contributed by atoms with van der Waals surface area (Å²) in [6.45, 7) is 6.37. The number of methoxy groups -OCH3 is 1. The molecular weight excluding hydrogens is 328 g/mol. The topological polar surface area (TPSA) is 60.3 Å². The third kappa shape index (κ3) is 4.81. The van der Waals surface area contributed by atoms with Gasteiger partial charge in [0, 0.05) is 38.8 Å². The van der Waals surface area contributed by atoms with Gasteiger partial charge in [-0.1, -0.05) is 6.42 Å². The number of piperidine rings is 1. The maximum absolute atomic E-state index is 10.1. The van der Waals surface area contributed by atoms with Crippen LogP contribution >= 0.6 is 0 Å². The third-order valence-corrected chi connectivity index (χ3v) is 5.49. The molecule has 0 saturated carbocycles. The predicted octanol–water partition coefficient (Wildman–Crippen LogP) is 2.28. The Balaban J connectivity index is 1.51. The van der Waals surface area contributed by atoms with Crippen LogP contribution in [0.25, 0.3) is 0 Å². The molecule has 2 N–H and O–H groups in total. The van der Waals surface area contributed by atoms with Crippen molar-refractivity contribution in [2.75, 3.05) is 46.9 Å². The molecule has 1 aromatic rings. The van der Waals surface area contributed by atoms with Crippen molar-refractivity contribution < 1.29 is 9.84 Å². The number of hydrogen-bond acceptors (Lipinski definition) is 4. The van der Waals surface area contributed by atoms with Crippen molar-refractivity contribution in [3.63, 3.8) is 0 Å². The zero-order valence-electron chi connectivity index (χ0n) is 16.1. The number of likely N-dealkylation sites (tertiary alicyclic amines) is 2. The summed E-state index contributed by atoms with van der Waals surface area (Å²) in [5.74, 6) is 2.65. The van der Waals surface area contributed by atoms with Gasteiger partial charge in [-0.2, -0.15) is 0 Å². The van der Waals surface area contributed by atoms with E-state index in [0.717, 1.165) is 36.3 Å². The van der Waals surface area contributed by atoms with E-state index < -0.39 is 0 Å². The number of aliphatic imine (C=N–C) groups is 1. The summed E-state index contributed by atoms with van der Waals surface area (Å²) in [7, 11) is 3.46. The smallest absolute Gasteiger partial charge is 0.193 e. The Hall–Kier alpha value is -1.95. The highest BCUT2D eigenvalue weighted by Crippen LogP contribution is 2.23. The quantitative estimate of drug-likeness (QED) is 0.623. The Morgan fingerprint density at radius 3 is 2.81 bits per heavy atom. The first-order valence-electron chi connectivity index (χ1n) is 9.73. The molecule has 0 spiro atoms. The minimum atomic E-state index is 0.276. The van der Waals surface area contributed by atoms with Crippen LogP contribution in [0.2, 0.25) is 0 Å². The number of benzene rings is 1. The normalized spacial score (nSPS) is 21.8. The lowest BCUT2D eigenvalue weighted by atomic mass is 10.1. The zero-order valence-corrected chi connectivity index (χ0v) is 16.1. The average molecular weight is 361 g/mol. The molecule has 1 atom stereocenters. The first-order chi connectivity index (χ1) is 12.7. The summed E-state index contributed by atoms with van der Waals surface area (Å²) >= 11 is 0. The van der Waals surface area contributed by atoms with E-state index in [4.69, 9.17) is 4.74 Å². The molecule has 144 valence electrons. The van der Waals surface area contributed by atoms with Gasteiger partial charge in [-0.25, -0.2) is 0 Å². The van der Waals surface area contributed by atoms with E-state index in [0.29, 0.717) is 6.54 Å². The molecule has 6 nitrogen and oxygen atoms in total. The molecule has 2 aliphatic rings. The number of nitrogens with one attached hydrogen (secondary N) is 1. The van der Waals surface area contributed by atoms with E-state index in [2.05, 4.69) is 20.1 Å². The van der Waals surface area contributed by atoms with Crippen molar-refractivity contribution >= 4 is 5.96 Å². The summed E-state index contributed by atoms with van der Waals surface area (Å²) < 4.78 is 5.24. The van der Waals surface area contributed by atoms with E-state index in [1.807, 2.05) is 13.1 Å². The van der Waals surface area contributed by atoms with Crippen molar-refractivity contribution in [3.05, 3.63) is 23.8 Å². The fraction of sp³-hybridized carbons (Fsp3) is 0.650. The molecule has 0 aromatic heterocycles. The second-order valence-electron chi connectivity index (χ2n) is 7.36. The first kappa shape index (κ1) is 18.8. The van der Waals surface area contributed by atoms with Crippen molar-refractivity contribution in [1.82, 2.24) is 15.1 Å². The van der Waals surface area contributed by atoms with Gasteiger partial charge in [0.15, 0.2) is 5.96 Å². The first-order valence-corrected chi connectivity index (χ1v) is 9.73. The van der Waals surface area contributed by atoms with E-state index in [-0.39, 0.29) is 5.75 Å². The predicted molar refractivity (Wildman–Crippen MR) is 105 cm³/mol. The summed E-state index contributed by atoms with van der Waals surface area (Å²) in [4.78, 5) is 9.41. The number of guanidine groups is 1. The van der Waals surface area contributed by atoms with E-state index >= 15 is 0 Å². The molecule has 2 aliphatic heterocycles. The second-order valence-corrected chi connectivity index (χ2v) is 7.36. The largest absolute Gasteiger partial charge is 0.508 e. The Morgan fingerprint density at radius 1 is 1.27 bits per heavy atom. The molecular formula is C20H32N4O2. The van der Waals surface area contributed by atoms with Crippen LogP contribution in [0.5, 0.6) is 11.5 Å². The van der Waals surface area contributed by atoms with E-state index in [1.165, 1.54) is 45.3 Å². The van der Waals surface area contributed by atoms with Crippen molar-refractivity contribution in [1.29, 1.82) is 0 Å². The molecule has 0 aliphatic carbocycles. The highest BCUT2D eigenvalue weighted by molar-refractivity contribution is 5.80. The highest BCUT2D eigenvalue weighted by atomic mass is 16.5. The SMILES string of the molecule is CN=C(NCc1cc(OC)ccc1O)N1CCC(CN2CCCCC2)C1. The van der Waals surface area contributed by atoms with E-state index in [1.54, 1.807) is 19.2 Å². The summed E-state index contributed by atoms with van der Waals surface area (Å²) in [6.07, 6.45) is 5.32. The number of aromatic hydroxyl groups is 1. The number of phenols is 1. The molecule has 2 fully saturated rings. The maximum Gasteiger partial charge on any atom is 0.193 e. The van der Waals surface area contributed by atoms with Gasteiger partial charge in [0.2, 0.25) is 0 Å². The van der Waals surface area contributed by atoms with Crippen LogP contribution < -0.4 is 10.1 Å². The van der Waals surface area contributed by atoms with Gasteiger partial charge >= 0.3 is 0 Å². The molecule has 0 amide bonds. The molecule has 0 bridgehead atoms. The standard InChI is InChI=1S/C20H32N4O2/c1-21-20(22-13-17-12-18(26-2)6-7-19(17)25)24-11-8-16(15-24)14-23-9-4-3-5-10-23/h6-7,12,16,25H,3-5,8-11,13-15H2,1-2H3,(H,21,22). The number of ether oxygens (including phenoxy) is 1. The lowest BCUT2D eigenvalue weighted by Crippen LogP contribution is -2.41. The van der Waals surface area contributed by atoms with Crippen molar-refractivity contribution in [2.24, 2.45) is 10.9 Å². The van der Waals surface area contributed by atoms with Gasteiger partial charge in [0.25, 0.3) is 0 Å². The summed E-state index contributed by atoms with van der Waals surface area (Å²) in [6, 6.07) is 5.29. The van der Waals surface area contributed by atoms with Crippen LogP contribution in [0.15, 0.2) is 23.2 Å². The van der Waals surface area contributed by atoms with Gasteiger partial charge in [-0.05, 0) is 56.5 Å². The lowest BCUT2D eigenvalue weighted by molar-refractivity contribution is 0.198. The van der Waals surface area contributed by atoms with Gasteiger partial charge < -0.3 is 25.0 Å². The molecule has 6 heteroatoms. The van der Waals surface area contributed by atoms with Crippen LogP contribution in [-0.4, -0.2) is 67.7 Å². The van der Waals surface area contributed by atoms with Crippen LogP contribution in [-0.2, 0) is 6.54 Å². The number of nitrogens with zero attached hydrogens (tertiary/aromatic N) is 3. The summed E-state index contributed by atoms with van der Waals surface area (Å²) in [5.41, 5.74) is 0.814. The molecule has 2 saturated heterocycles. The third-order valence-electron chi connectivity index (χ3n) is 5.49. The van der Waals surface area contributed by atoms with Crippen LogP contribution in [0.3, 0.4) is 0 Å². The summed E-state index contributed by atoms with van der Waals surface area (Å²) in [5, 5.41) is 13.4. The van der Waals surface area contributed by atoms with Gasteiger partial charge in [-0.3, -0.25) is 4.99 Å². The number of rotatable bonds is 5. The fourth-order valence-corrected chi connectivity index (χ4v) is 4.02. The highest BCUT2D eigenvalue weighted by Gasteiger charge is 2.27. The van der Waals surface area contributed by atoms with Crippen LogP contribution in [0, 0.1) is 5.92 Å². The molecule has 1 unspecified atom stereocenters. The molecule has 26 heavy (non-hydrogen) atoms. The van der Waals surface area contributed by atoms with Gasteiger partial charge in [0.05, 0.1) is 7.11 Å². The second kappa shape index (κ2) is 9.12. The molecule has 3 rings (SSSR count). The zero-order chi connectivity index (χ0) is 18.4. The van der Waals surface area contributed by atoms with Gasteiger partial charge in [-0.15, -0.1) is 0 Å². The van der Waals surface area contributed by atoms with Gasteiger partial charge in [0.1, 0.15) is 11.5 Å². The average Bonchev–Trinajstić information content (AvgIpc) is 3.12. The number of phenolic OH excluding ortho intramolecular Hbond substituents is 1. The lowest BCUT2D eigenvalue weighted by Gasteiger charge is -2.29. The molecule has 1 aromatic carbocycles. The Bertz CT molecular complexity index is 614. The van der Waals surface area contributed by atoms with Crippen molar-refractivity contribution in [3.8, 4) is 11.5 Å². The fourth-order valence-electron chi connectivity index (χ4n) is 4.02. The van der Waals surface area contributed by atoms with Crippen LogP contribution in [0.1, 0.15) is 31.2 Å². The Labute approximate surface area is 156 Å².